The fraction of sp³-hybridized carbons (Fsp3) is 0.583. The van der Waals surface area contributed by atoms with E-state index in [4.69, 9.17) is 0 Å². The first kappa shape index (κ1) is 9.66. The first-order valence-electron chi connectivity index (χ1n) is 5.55. The Hall–Kier alpha value is -0.890. The molecule has 0 aliphatic carbocycles. The highest BCUT2D eigenvalue weighted by Crippen LogP contribution is 2.18. The molecule has 1 N–H and O–H groups in total. The molecule has 1 saturated heterocycles. The van der Waals surface area contributed by atoms with Gasteiger partial charge in [0.1, 0.15) is 0 Å². The second kappa shape index (κ2) is 5.11. The van der Waals surface area contributed by atoms with Crippen LogP contribution in [0.4, 0.5) is 0 Å². The van der Waals surface area contributed by atoms with Crippen LogP contribution in [0.1, 0.15) is 24.8 Å². The van der Waals surface area contributed by atoms with E-state index >= 15 is 0 Å². The normalized spacial score (nSPS) is 18.3. The molecular formula is C12H18N2. The molecule has 14 heavy (non-hydrogen) atoms. The van der Waals surface area contributed by atoms with Crippen LogP contribution in [-0.2, 0) is 6.42 Å². The van der Waals surface area contributed by atoms with Crippen molar-refractivity contribution in [3.8, 4) is 0 Å². The van der Waals surface area contributed by atoms with Crippen molar-refractivity contribution in [2.75, 3.05) is 13.1 Å². The van der Waals surface area contributed by atoms with Crippen molar-refractivity contribution < 1.29 is 0 Å². The number of piperidine rings is 1. The van der Waals surface area contributed by atoms with Crippen molar-refractivity contribution in [3.63, 3.8) is 0 Å². The summed E-state index contributed by atoms with van der Waals surface area (Å²) in [5, 5.41) is 3.40. The molecule has 0 atom stereocenters. The summed E-state index contributed by atoms with van der Waals surface area (Å²) in [5.74, 6) is 0.935. The second-order valence-electron chi connectivity index (χ2n) is 4.09. The quantitative estimate of drug-likeness (QED) is 0.788. The Bertz CT molecular complexity index is 252. The van der Waals surface area contributed by atoms with Gasteiger partial charge in [0.25, 0.3) is 0 Å². The number of aryl methyl sites for hydroxylation is 1. The zero-order valence-electron chi connectivity index (χ0n) is 8.58. The predicted molar refractivity (Wildman–Crippen MR) is 58.2 cm³/mol. The summed E-state index contributed by atoms with van der Waals surface area (Å²) in [6.45, 7) is 2.42. The number of aromatic nitrogens is 1. The van der Waals surface area contributed by atoms with Gasteiger partial charge < -0.3 is 5.32 Å². The molecule has 0 unspecified atom stereocenters. The summed E-state index contributed by atoms with van der Waals surface area (Å²) in [5.41, 5.74) is 1.43. The van der Waals surface area contributed by atoms with Crippen molar-refractivity contribution in [3.05, 3.63) is 30.1 Å². The molecule has 1 aromatic heterocycles. The van der Waals surface area contributed by atoms with Gasteiger partial charge in [-0.25, -0.2) is 0 Å². The van der Waals surface area contributed by atoms with Gasteiger partial charge in [-0.15, -0.1) is 0 Å². The molecule has 0 radical (unpaired) electrons. The SMILES string of the molecule is c1cc(CCC2CCNCC2)ccn1. The number of nitrogens with zero attached hydrogens (tertiary/aromatic N) is 1. The smallest absolute Gasteiger partial charge is 0.0270 e. The minimum atomic E-state index is 0.935. The van der Waals surface area contributed by atoms with Gasteiger partial charge in [0, 0.05) is 12.4 Å². The number of nitrogens with one attached hydrogen (secondary N) is 1. The Morgan fingerprint density at radius 3 is 2.64 bits per heavy atom. The van der Waals surface area contributed by atoms with E-state index < -0.39 is 0 Å². The van der Waals surface area contributed by atoms with Gasteiger partial charge in [0.05, 0.1) is 0 Å². The zero-order chi connectivity index (χ0) is 9.64. The topological polar surface area (TPSA) is 24.9 Å². The van der Waals surface area contributed by atoms with Crippen LogP contribution in [0.3, 0.4) is 0 Å². The standard InChI is InChI=1S/C12H18N2/c1(11-3-7-13-8-4-11)2-12-5-9-14-10-6-12/h3-4,7-8,12,14H,1-2,5-6,9-10H2. The molecule has 1 aliphatic heterocycles. The van der Waals surface area contributed by atoms with E-state index in [1.54, 1.807) is 0 Å². The number of rotatable bonds is 3. The molecular weight excluding hydrogens is 172 g/mol. The van der Waals surface area contributed by atoms with Crippen molar-refractivity contribution in [1.82, 2.24) is 10.3 Å². The van der Waals surface area contributed by atoms with Crippen LogP contribution in [0, 0.1) is 5.92 Å². The number of hydrogen-bond acceptors (Lipinski definition) is 2. The molecule has 1 aromatic rings. The Balaban J connectivity index is 1.76. The van der Waals surface area contributed by atoms with Gasteiger partial charge in [0.2, 0.25) is 0 Å². The van der Waals surface area contributed by atoms with Crippen LogP contribution in [0.5, 0.6) is 0 Å². The molecule has 1 fully saturated rings. The highest BCUT2D eigenvalue weighted by molar-refractivity contribution is 5.09. The van der Waals surface area contributed by atoms with E-state index in [2.05, 4.69) is 22.4 Å². The van der Waals surface area contributed by atoms with E-state index in [1.165, 1.54) is 44.3 Å². The molecule has 76 valence electrons. The molecule has 0 amide bonds. The van der Waals surface area contributed by atoms with Crippen LogP contribution >= 0.6 is 0 Å². The molecule has 2 heterocycles. The van der Waals surface area contributed by atoms with E-state index in [0.29, 0.717) is 0 Å². The lowest BCUT2D eigenvalue weighted by Crippen LogP contribution is -2.27. The van der Waals surface area contributed by atoms with Crippen molar-refractivity contribution in [2.24, 2.45) is 5.92 Å². The summed E-state index contributed by atoms with van der Waals surface area (Å²) >= 11 is 0. The van der Waals surface area contributed by atoms with Crippen molar-refractivity contribution in [2.45, 2.75) is 25.7 Å². The Morgan fingerprint density at radius 2 is 1.93 bits per heavy atom. The Labute approximate surface area is 85.7 Å². The van der Waals surface area contributed by atoms with Crippen LogP contribution in [0.25, 0.3) is 0 Å². The zero-order valence-corrected chi connectivity index (χ0v) is 8.58. The van der Waals surface area contributed by atoms with E-state index in [0.717, 1.165) is 5.92 Å². The van der Waals surface area contributed by atoms with Crippen molar-refractivity contribution in [1.29, 1.82) is 0 Å². The van der Waals surface area contributed by atoms with E-state index in [-0.39, 0.29) is 0 Å². The predicted octanol–water partition coefficient (Wildman–Crippen LogP) is 2.01. The molecule has 0 bridgehead atoms. The average Bonchev–Trinajstić information content (AvgIpc) is 2.29. The number of pyridine rings is 1. The van der Waals surface area contributed by atoms with Gasteiger partial charge >= 0.3 is 0 Å². The first-order chi connectivity index (χ1) is 6.95. The molecule has 0 aromatic carbocycles. The molecule has 0 saturated carbocycles. The summed E-state index contributed by atoms with van der Waals surface area (Å²) in [4.78, 5) is 4.03. The van der Waals surface area contributed by atoms with Gasteiger partial charge in [0.15, 0.2) is 0 Å². The molecule has 2 rings (SSSR count). The maximum atomic E-state index is 4.03. The third-order valence-corrected chi connectivity index (χ3v) is 3.05. The van der Waals surface area contributed by atoms with Crippen LogP contribution in [-0.4, -0.2) is 18.1 Å². The summed E-state index contributed by atoms with van der Waals surface area (Å²) in [6, 6.07) is 4.25. The Kier molecular flexibility index (Phi) is 3.52. The first-order valence-corrected chi connectivity index (χ1v) is 5.55. The minimum Gasteiger partial charge on any atom is -0.317 e. The van der Waals surface area contributed by atoms with Gasteiger partial charge in [-0.1, -0.05) is 0 Å². The van der Waals surface area contributed by atoms with E-state index in [9.17, 15) is 0 Å². The summed E-state index contributed by atoms with van der Waals surface area (Å²) in [6.07, 6.45) is 9.03. The summed E-state index contributed by atoms with van der Waals surface area (Å²) < 4.78 is 0. The fourth-order valence-corrected chi connectivity index (χ4v) is 2.09. The molecule has 0 spiro atoms. The van der Waals surface area contributed by atoms with Crippen LogP contribution < -0.4 is 5.32 Å². The lowest BCUT2D eigenvalue weighted by Gasteiger charge is -2.22. The van der Waals surface area contributed by atoms with Crippen LogP contribution in [0.2, 0.25) is 0 Å². The average molecular weight is 190 g/mol. The van der Waals surface area contributed by atoms with Crippen LogP contribution in [0.15, 0.2) is 24.5 Å². The molecule has 1 aliphatic rings. The van der Waals surface area contributed by atoms with E-state index in [1.807, 2.05) is 12.4 Å². The largest absolute Gasteiger partial charge is 0.317 e. The monoisotopic (exact) mass is 190 g/mol. The maximum Gasteiger partial charge on any atom is 0.0270 e. The van der Waals surface area contributed by atoms with Gasteiger partial charge in [-0.05, 0) is 62.4 Å². The maximum absolute atomic E-state index is 4.03. The lowest BCUT2D eigenvalue weighted by molar-refractivity contribution is 0.354. The Morgan fingerprint density at radius 1 is 1.21 bits per heavy atom. The second-order valence-corrected chi connectivity index (χ2v) is 4.09. The molecule has 2 heteroatoms. The lowest BCUT2D eigenvalue weighted by atomic mass is 9.92. The summed E-state index contributed by atoms with van der Waals surface area (Å²) in [7, 11) is 0. The van der Waals surface area contributed by atoms with Gasteiger partial charge in [-0.3, -0.25) is 4.98 Å². The highest BCUT2D eigenvalue weighted by atomic mass is 14.9. The highest BCUT2D eigenvalue weighted by Gasteiger charge is 2.12. The van der Waals surface area contributed by atoms with Gasteiger partial charge in [-0.2, -0.15) is 0 Å². The minimum absolute atomic E-state index is 0.935. The molecule has 2 nitrogen and oxygen atoms in total. The van der Waals surface area contributed by atoms with Crippen molar-refractivity contribution >= 4 is 0 Å². The third kappa shape index (κ3) is 2.81. The third-order valence-electron chi connectivity index (χ3n) is 3.05. The fourth-order valence-electron chi connectivity index (χ4n) is 2.09. The number of hydrogen-bond donors (Lipinski definition) is 1.